The molecule has 0 rings (SSSR count). The van der Waals surface area contributed by atoms with Crippen molar-refractivity contribution in [2.24, 2.45) is 0 Å². The van der Waals surface area contributed by atoms with Crippen LogP contribution in [-0.4, -0.2) is 11.7 Å². The molecule has 0 atom stereocenters. The van der Waals surface area contributed by atoms with Gasteiger partial charge in [0.15, 0.2) is 0 Å². The van der Waals surface area contributed by atoms with Crippen LogP contribution in [0.5, 0.6) is 0 Å². The SMILES string of the molecule is CCCCCCCCC/C(C)=C/CCCCCO. The van der Waals surface area contributed by atoms with Crippen molar-refractivity contribution in [3.63, 3.8) is 0 Å². The van der Waals surface area contributed by atoms with Crippen LogP contribution in [0.2, 0.25) is 0 Å². The zero-order valence-corrected chi connectivity index (χ0v) is 12.7. The lowest BCUT2D eigenvalue weighted by Crippen LogP contribution is -1.84. The molecule has 0 aromatic heterocycles. The second kappa shape index (κ2) is 14.8. The minimum Gasteiger partial charge on any atom is -0.396 e. The number of aliphatic hydroxyl groups excluding tert-OH is 1. The van der Waals surface area contributed by atoms with E-state index in [1.807, 2.05) is 0 Å². The average molecular weight is 254 g/mol. The van der Waals surface area contributed by atoms with E-state index in [2.05, 4.69) is 19.9 Å². The molecule has 0 fully saturated rings. The van der Waals surface area contributed by atoms with Gasteiger partial charge in [-0.15, -0.1) is 0 Å². The second-order valence-corrected chi connectivity index (χ2v) is 5.49. The molecule has 0 aromatic rings. The van der Waals surface area contributed by atoms with Gasteiger partial charge in [-0.3, -0.25) is 0 Å². The summed E-state index contributed by atoms with van der Waals surface area (Å²) in [6, 6.07) is 0. The van der Waals surface area contributed by atoms with E-state index < -0.39 is 0 Å². The molecular weight excluding hydrogens is 220 g/mol. The fraction of sp³-hybridized carbons (Fsp3) is 0.882. The summed E-state index contributed by atoms with van der Waals surface area (Å²) in [7, 11) is 0. The number of aliphatic hydroxyl groups is 1. The summed E-state index contributed by atoms with van der Waals surface area (Å²) < 4.78 is 0. The van der Waals surface area contributed by atoms with Gasteiger partial charge in [-0.1, -0.05) is 63.5 Å². The molecule has 0 saturated heterocycles. The van der Waals surface area contributed by atoms with Gasteiger partial charge in [-0.05, 0) is 39.0 Å². The molecule has 0 aliphatic carbocycles. The highest BCUT2D eigenvalue weighted by Gasteiger charge is 1.93. The molecule has 0 aromatic carbocycles. The fourth-order valence-corrected chi connectivity index (χ4v) is 2.24. The molecule has 0 spiro atoms. The quantitative estimate of drug-likeness (QED) is 0.334. The Labute approximate surface area is 115 Å². The van der Waals surface area contributed by atoms with Gasteiger partial charge in [0.2, 0.25) is 0 Å². The summed E-state index contributed by atoms with van der Waals surface area (Å²) in [4.78, 5) is 0. The summed E-state index contributed by atoms with van der Waals surface area (Å²) in [5.41, 5.74) is 1.56. The van der Waals surface area contributed by atoms with Crippen molar-refractivity contribution in [1.82, 2.24) is 0 Å². The summed E-state index contributed by atoms with van der Waals surface area (Å²) in [6.45, 7) is 4.89. The average Bonchev–Trinajstić information content (AvgIpc) is 2.37. The Morgan fingerprint density at radius 2 is 1.44 bits per heavy atom. The highest BCUT2D eigenvalue weighted by Crippen LogP contribution is 2.13. The predicted octanol–water partition coefficient (Wildman–Crippen LogP) is 5.63. The van der Waals surface area contributed by atoms with Crippen LogP contribution in [0.4, 0.5) is 0 Å². The predicted molar refractivity (Wildman–Crippen MR) is 81.9 cm³/mol. The van der Waals surface area contributed by atoms with Gasteiger partial charge >= 0.3 is 0 Å². The lowest BCUT2D eigenvalue weighted by Gasteiger charge is -2.03. The van der Waals surface area contributed by atoms with Crippen LogP contribution in [-0.2, 0) is 0 Å². The molecule has 18 heavy (non-hydrogen) atoms. The van der Waals surface area contributed by atoms with Crippen molar-refractivity contribution in [2.45, 2.75) is 90.9 Å². The van der Waals surface area contributed by atoms with Gasteiger partial charge in [0.05, 0.1) is 0 Å². The van der Waals surface area contributed by atoms with Crippen molar-refractivity contribution in [2.75, 3.05) is 6.61 Å². The lowest BCUT2D eigenvalue weighted by atomic mass is 10.0. The molecule has 108 valence electrons. The standard InChI is InChI=1S/C17H34O/c1-3-4-5-6-7-8-11-14-17(2)15-12-9-10-13-16-18/h15,18H,3-14,16H2,1-2H3/b17-15+. The lowest BCUT2D eigenvalue weighted by molar-refractivity contribution is 0.283. The number of unbranched alkanes of at least 4 members (excludes halogenated alkanes) is 9. The Morgan fingerprint density at radius 1 is 0.833 bits per heavy atom. The van der Waals surface area contributed by atoms with E-state index in [-0.39, 0.29) is 0 Å². The number of hydrogen-bond acceptors (Lipinski definition) is 1. The molecule has 0 radical (unpaired) electrons. The van der Waals surface area contributed by atoms with E-state index in [0.717, 1.165) is 12.8 Å². The Bertz CT molecular complexity index is 184. The molecule has 0 saturated carbocycles. The van der Waals surface area contributed by atoms with E-state index in [1.54, 1.807) is 5.57 Å². The first kappa shape index (κ1) is 17.7. The fourth-order valence-electron chi connectivity index (χ4n) is 2.24. The van der Waals surface area contributed by atoms with Crippen LogP contribution in [0.15, 0.2) is 11.6 Å². The topological polar surface area (TPSA) is 20.2 Å². The summed E-state index contributed by atoms with van der Waals surface area (Å²) in [5, 5.41) is 8.68. The second-order valence-electron chi connectivity index (χ2n) is 5.49. The maximum atomic E-state index is 8.68. The summed E-state index contributed by atoms with van der Waals surface area (Å²) >= 11 is 0. The van der Waals surface area contributed by atoms with E-state index in [1.165, 1.54) is 64.2 Å². The Kier molecular flexibility index (Phi) is 14.5. The van der Waals surface area contributed by atoms with Gasteiger partial charge in [0.1, 0.15) is 0 Å². The Balaban J connectivity index is 3.24. The number of rotatable bonds is 13. The normalized spacial score (nSPS) is 12.1. The zero-order chi connectivity index (χ0) is 13.5. The molecule has 1 heteroatoms. The minimum absolute atomic E-state index is 0.348. The highest BCUT2D eigenvalue weighted by atomic mass is 16.2. The van der Waals surface area contributed by atoms with E-state index in [9.17, 15) is 0 Å². The summed E-state index contributed by atoms with van der Waals surface area (Å²) in [6.07, 6.45) is 18.0. The van der Waals surface area contributed by atoms with Crippen molar-refractivity contribution < 1.29 is 5.11 Å². The molecule has 0 aliphatic rings. The maximum absolute atomic E-state index is 8.68. The van der Waals surface area contributed by atoms with Crippen LogP contribution in [0.25, 0.3) is 0 Å². The van der Waals surface area contributed by atoms with Crippen molar-refractivity contribution in [3.05, 3.63) is 11.6 Å². The van der Waals surface area contributed by atoms with Crippen LogP contribution in [0.1, 0.15) is 90.9 Å². The van der Waals surface area contributed by atoms with Gasteiger partial charge in [0.25, 0.3) is 0 Å². The van der Waals surface area contributed by atoms with E-state index in [0.29, 0.717) is 6.61 Å². The van der Waals surface area contributed by atoms with E-state index >= 15 is 0 Å². The molecular formula is C17H34O. The number of allylic oxidation sites excluding steroid dienone is 2. The molecule has 0 bridgehead atoms. The molecule has 0 unspecified atom stereocenters. The zero-order valence-electron chi connectivity index (χ0n) is 12.7. The molecule has 1 N–H and O–H groups in total. The van der Waals surface area contributed by atoms with Crippen molar-refractivity contribution in [1.29, 1.82) is 0 Å². The van der Waals surface area contributed by atoms with Crippen LogP contribution in [0.3, 0.4) is 0 Å². The van der Waals surface area contributed by atoms with Gasteiger partial charge in [-0.2, -0.15) is 0 Å². The first-order chi connectivity index (χ1) is 8.81. The smallest absolute Gasteiger partial charge is 0.0431 e. The first-order valence-corrected chi connectivity index (χ1v) is 8.07. The van der Waals surface area contributed by atoms with Gasteiger partial charge < -0.3 is 5.11 Å². The molecule has 0 aliphatic heterocycles. The van der Waals surface area contributed by atoms with Gasteiger partial charge in [-0.25, -0.2) is 0 Å². The Hall–Kier alpha value is -0.300. The first-order valence-electron chi connectivity index (χ1n) is 8.07. The van der Waals surface area contributed by atoms with Crippen LogP contribution in [0, 0.1) is 0 Å². The van der Waals surface area contributed by atoms with Crippen LogP contribution >= 0.6 is 0 Å². The molecule has 0 heterocycles. The highest BCUT2D eigenvalue weighted by molar-refractivity contribution is 4.97. The summed E-state index contributed by atoms with van der Waals surface area (Å²) in [5.74, 6) is 0. The van der Waals surface area contributed by atoms with E-state index in [4.69, 9.17) is 5.11 Å². The minimum atomic E-state index is 0.348. The van der Waals surface area contributed by atoms with Crippen molar-refractivity contribution >= 4 is 0 Å². The Morgan fingerprint density at radius 3 is 2.11 bits per heavy atom. The van der Waals surface area contributed by atoms with Crippen LogP contribution < -0.4 is 0 Å². The number of hydrogen-bond donors (Lipinski definition) is 1. The monoisotopic (exact) mass is 254 g/mol. The molecule has 1 nitrogen and oxygen atoms in total. The third kappa shape index (κ3) is 13.8. The maximum Gasteiger partial charge on any atom is 0.0431 e. The third-order valence-corrected chi connectivity index (χ3v) is 3.53. The van der Waals surface area contributed by atoms with Gasteiger partial charge in [0, 0.05) is 6.61 Å². The third-order valence-electron chi connectivity index (χ3n) is 3.53. The molecule has 0 amide bonds. The largest absolute Gasteiger partial charge is 0.396 e. The van der Waals surface area contributed by atoms with Crippen molar-refractivity contribution in [3.8, 4) is 0 Å².